The van der Waals surface area contributed by atoms with Gasteiger partial charge in [-0.15, -0.1) is 0 Å². The molecule has 0 unspecified atom stereocenters. The van der Waals surface area contributed by atoms with Gasteiger partial charge in [0.1, 0.15) is 11.9 Å². The maximum Gasteiger partial charge on any atom is 0.338 e. The van der Waals surface area contributed by atoms with E-state index in [1.165, 1.54) is 0 Å². The van der Waals surface area contributed by atoms with Crippen LogP contribution in [-0.4, -0.2) is 46.2 Å². The number of hydrogen-bond acceptors (Lipinski definition) is 5. The van der Waals surface area contributed by atoms with E-state index in [0.29, 0.717) is 16.5 Å². The van der Waals surface area contributed by atoms with Crippen LogP contribution in [0.1, 0.15) is 55.2 Å². The number of carbonyl (C=O) groups is 1. The van der Waals surface area contributed by atoms with E-state index in [9.17, 15) is 9.59 Å². The number of rotatable bonds is 3. The van der Waals surface area contributed by atoms with Gasteiger partial charge in [-0.1, -0.05) is 13.3 Å². The third-order valence-electron chi connectivity index (χ3n) is 5.74. The van der Waals surface area contributed by atoms with Crippen LogP contribution < -0.4 is 5.56 Å². The highest BCUT2D eigenvalue weighted by Gasteiger charge is 2.23. The van der Waals surface area contributed by atoms with Crippen molar-refractivity contribution in [3.8, 4) is 0 Å². The van der Waals surface area contributed by atoms with E-state index in [0.717, 1.165) is 70.5 Å². The standard InChI is InChI=1S/C21H27N3O3/c1-2-23-11-6-7-16(14-23)27-21(26)15-9-10-17-18(13-15)22-19-8-4-3-5-12-24(19)20(17)25/h9-10,13,16H,2-8,11-12,14H2,1H3/t16-/m1/s1. The molecule has 1 aromatic heterocycles. The van der Waals surface area contributed by atoms with Crippen LogP contribution in [0.15, 0.2) is 23.0 Å². The molecule has 2 aliphatic rings. The summed E-state index contributed by atoms with van der Waals surface area (Å²) in [4.78, 5) is 32.4. The second-order valence-corrected chi connectivity index (χ2v) is 7.59. The Morgan fingerprint density at radius 3 is 2.96 bits per heavy atom. The van der Waals surface area contributed by atoms with Crippen molar-refractivity contribution < 1.29 is 9.53 Å². The third-order valence-corrected chi connectivity index (χ3v) is 5.74. The number of aromatic nitrogens is 2. The number of piperidine rings is 1. The van der Waals surface area contributed by atoms with Crippen molar-refractivity contribution in [1.29, 1.82) is 0 Å². The number of esters is 1. The summed E-state index contributed by atoms with van der Waals surface area (Å²) < 4.78 is 7.53. The quantitative estimate of drug-likeness (QED) is 0.779. The zero-order valence-corrected chi connectivity index (χ0v) is 15.9. The average Bonchev–Trinajstić information content (AvgIpc) is 2.93. The van der Waals surface area contributed by atoms with Crippen LogP contribution in [-0.2, 0) is 17.7 Å². The molecule has 0 saturated carbocycles. The maximum absolute atomic E-state index is 12.8. The number of benzene rings is 1. The first-order chi connectivity index (χ1) is 13.2. The predicted octanol–water partition coefficient (Wildman–Crippen LogP) is 2.76. The number of carbonyl (C=O) groups excluding carboxylic acids is 1. The van der Waals surface area contributed by atoms with Crippen molar-refractivity contribution in [1.82, 2.24) is 14.5 Å². The highest BCUT2D eigenvalue weighted by molar-refractivity contribution is 5.94. The molecular formula is C21H27N3O3. The molecule has 2 aromatic rings. The molecule has 144 valence electrons. The second-order valence-electron chi connectivity index (χ2n) is 7.59. The molecule has 27 heavy (non-hydrogen) atoms. The molecule has 2 aliphatic heterocycles. The summed E-state index contributed by atoms with van der Waals surface area (Å²) in [6.07, 6.45) is 5.89. The smallest absolute Gasteiger partial charge is 0.338 e. The van der Waals surface area contributed by atoms with Crippen molar-refractivity contribution in [2.24, 2.45) is 0 Å². The molecule has 1 atom stereocenters. The van der Waals surface area contributed by atoms with Gasteiger partial charge < -0.3 is 4.74 Å². The highest BCUT2D eigenvalue weighted by Crippen LogP contribution is 2.19. The fraction of sp³-hybridized carbons (Fsp3) is 0.571. The Kier molecular flexibility index (Phi) is 5.25. The van der Waals surface area contributed by atoms with E-state index in [1.54, 1.807) is 22.8 Å². The fourth-order valence-corrected chi connectivity index (χ4v) is 4.16. The van der Waals surface area contributed by atoms with Crippen LogP contribution in [0.5, 0.6) is 0 Å². The Hall–Kier alpha value is -2.21. The summed E-state index contributed by atoms with van der Waals surface area (Å²) >= 11 is 0. The number of fused-ring (bicyclic) bond motifs is 2. The molecule has 4 rings (SSSR count). The van der Waals surface area contributed by atoms with Crippen molar-refractivity contribution >= 4 is 16.9 Å². The van der Waals surface area contributed by atoms with E-state index < -0.39 is 0 Å². The minimum Gasteiger partial charge on any atom is -0.457 e. The topological polar surface area (TPSA) is 64.4 Å². The number of likely N-dealkylation sites (N-methyl/N-ethyl adjacent to an activating group) is 1. The summed E-state index contributed by atoms with van der Waals surface area (Å²) in [5.41, 5.74) is 1.07. The molecule has 1 fully saturated rings. The lowest BCUT2D eigenvalue weighted by atomic mass is 10.1. The SMILES string of the molecule is CCN1CCC[C@@H](OC(=O)c2ccc3c(=O)n4c(nc3c2)CCCCC4)C1. The van der Waals surface area contributed by atoms with Gasteiger partial charge in [0.05, 0.1) is 16.5 Å². The van der Waals surface area contributed by atoms with Crippen molar-refractivity contribution in [3.63, 3.8) is 0 Å². The number of likely N-dealkylation sites (tertiary alicyclic amines) is 1. The second kappa shape index (κ2) is 7.80. The molecule has 1 saturated heterocycles. The number of hydrogen-bond donors (Lipinski definition) is 0. The van der Waals surface area contributed by atoms with Gasteiger partial charge in [-0.05, 0) is 57.0 Å². The van der Waals surface area contributed by atoms with Gasteiger partial charge in [-0.25, -0.2) is 9.78 Å². The van der Waals surface area contributed by atoms with Crippen molar-refractivity contribution in [2.75, 3.05) is 19.6 Å². The fourth-order valence-electron chi connectivity index (χ4n) is 4.16. The van der Waals surface area contributed by atoms with Crippen LogP contribution in [0.3, 0.4) is 0 Å². The lowest BCUT2D eigenvalue weighted by Gasteiger charge is -2.31. The van der Waals surface area contributed by atoms with E-state index in [1.807, 2.05) is 0 Å². The molecule has 0 spiro atoms. The monoisotopic (exact) mass is 369 g/mol. The lowest BCUT2D eigenvalue weighted by Crippen LogP contribution is -2.40. The van der Waals surface area contributed by atoms with Gasteiger partial charge in [0.15, 0.2) is 0 Å². The Labute approximate surface area is 159 Å². The molecule has 0 radical (unpaired) electrons. The molecule has 6 nitrogen and oxygen atoms in total. The molecule has 0 amide bonds. The maximum atomic E-state index is 12.8. The van der Waals surface area contributed by atoms with Crippen LogP contribution >= 0.6 is 0 Å². The highest BCUT2D eigenvalue weighted by atomic mass is 16.5. The van der Waals surface area contributed by atoms with E-state index in [4.69, 9.17) is 9.72 Å². The minimum absolute atomic E-state index is 0.00249. The van der Waals surface area contributed by atoms with Crippen LogP contribution in [0.25, 0.3) is 10.9 Å². The zero-order valence-electron chi connectivity index (χ0n) is 15.9. The first-order valence-electron chi connectivity index (χ1n) is 10.1. The summed E-state index contributed by atoms with van der Waals surface area (Å²) in [6.45, 7) is 5.70. The van der Waals surface area contributed by atoms with Crippen LogP contribution in [0, 0.1) is 0 Å². The van der Waals surface area contributed by atoms with Gasteiger partial charge in [0.25, 0.3) is 5.56 Å². The first-order valence-corrected chi connectivity index (χ1v) is 10.1. The molecule has 0 N–H and O–H groups in total. The molecule has 3 heterocycles. The van der Waals surface area contributed by atoms with Gasteiger partial charge in [0.2, 0.25) is 0 Å². The number of ether oxygens (including phenoxy) is 1. The predicted molar refractivity (Wildman–Crippen MR) is 104 cm³/mol. The summed E-state index contributed by atoms with van der Waals surface area (Å²) in [5.74, 6) is 0.512. The van der Waals surface area contributed by atoms with Gasteiger partial charge in [-0.2, -0.15) is 0 Å². The summed E-state index contributed by atoms with van der Waals surface area (Å²) in [5, 5.41) is 0.576. The summed E-state index contributed by atoms with van der Waals surface area (Å²) in [6, 6.07) is 5.13. The Morgan fingerprint density at radius 2 is 2.11 bits per heavy atom. The Morgan fingerprint density at radius 1 is 1.22 bits per heavy atom. The molecule has 1 aromatic carbocycles. The Bertz CT molecular complexity index is 905. The number of aryl methyl sites for hydroxylation is 1. The van der Waals surface area contributed by atoms with Gasteiger partial charge >= 0.3 is 5.97 Å². The average molecular weight is 369 g/mol. The van der Waals surface area contributed by atoms with Crippen molar-refractivity contribution in [2.45, 2.75) is 58.1 Å². The number of nitrogens with zero attached hydrogens (tertiary/aromatic N) is 3. The van der Waals surface area contributed by atoms with Gasteiger partial charge in [0, 0.05) is 19.5 Å². The van der Waals surface area contributed by atoms with Crippen molar-refractivity contribution in [3.05, 3.63) is 39.9 Å². The van der Waals surface area contributed by atoms with E-state index in [2.05, 4.69) is 11.8 Å². The van der Waals surface area contributed by atoms with Gasteiger partial charge in [-0.3, -0.25) is 14.3 Å². The minimum atomic E-state index is -0.323. The summed E-state index contributed by atoms with van der Waals surface area (Å²) in [7, 11) is 0. The van der Waals surface area contributed by atoms with Crippen LogP contribution in [0.2, 0.25) is 0 Å². The molecule has 0 bridgehead atoms. The van der Waals surface area contributed by atoms with Crippen LogP contribution in [0.4, 0.5) is 0 Å². The lowest BCUT2D eigenvalue weighted by molar-refractivity contribution is 0.00776. The zero-order chi connectivity index (χ0) is 18.8. The van der Waals surface area contributed by atoms with E-state index in [-0.39, 0.29) is 17.6 Å². The molecule has 0 aliphatic carbocycles. The largest absolute Gasteiger partial charge is 0.457 e. The molecular weight excluding hydrogens is 342 g/mol. The van der Waals surface area contributed by atoms with E-state index >= 15 is 0 Å². The molecule has 6 heteroatoms. The Balaban J connectivity index is 1.59. The first kappa shape index (κ1) is 18.2. The third kappa shape index (κ3) is 3.76. The normalized spacial score (nSPS) is 20.9.